The maximum atomic E-state index is 13.2. The van der Waals surface area contributed by atoms with Crippen LogP contribution in [0.1, 0.15) is 5.82 Å². The summed E-state index contributed by atoms with van der Waals surface area (Å²) in [6.07, 6.45) is -4.69. The van der Waals surface area contributed by atoms with Gasteiger partial charge in [-0.25, -0.2) is 18.5 Å². The number of nitrogens with zero attached hydrogens (tertiary/aromatic N) is 1. The number of primary sulfonamides is 1. The predicted molar refractivity (Wildman–Crippen MR) is 92.0 cm³/mol. The Balaban J connectivity index is 1.86. The lowest BCUT2D eigenvalue weighted by Crippen LogP contribution is -2.11. The van der Waals surface area contributed by atoms with Crippen LogP contribution >= 0.6 is 0 Å². The molecule has 146 valence electrons. The second-order valence-electron chi connectivity index (χ2n) is 5.94. The lowest BCUT2D eigenvalue weighted by Gasteiger charge is -2.05. The van der Waals surface area contributed by atoms with Gasteiger partial charge in [0.1, 0.15) is 0 Å². The predicted octanol–water partition coefficient (Wildman–Crippen LogP) is 3.14. The smallest absolute Gasteiger partial charge is 0.449 e. The zero-order valence-corrected chi connectivity index (χ0v) is 14.8. The summed E-state index contributed by atoms with van der Waals surface area (Å²) in [7, 11) is -3.93. The molecule has 28 heavy (non-hydrogen) atoms. The molecule has 7 nitrogen and oxygen atoms in total. The molecule has 2 aromatic carbocycles. The van der Waals surface area contributed by atoms with Crippen LogP contribution in [-0.2, 0) is 16.2 Å². The Morgan fingerprint density at radius 2 is 1.64 bits per heavy atom. The molecule has 2 heterocycles. The van der Waals surface area contributed by atoms with E-state index in [9.17, 15) is 21.6 Å². The lowest BCUT2D eigenvalue weighted by molar-refractivity contribution is -0.144. The van der Waals surface area contributed by atoms with Crippen LogP contribution in [0.4, 0.5) is 13.2 Å². The summed E-state index contributed by atoms with van der Waals surface area (Å²) >= 11 is 0. The fraction of sp³-hybridized carbons (Fsp3) is 0.118. The Morgan fingerprint density at radius 1 is 1.00 bits per heavy atom. The largest absolute Gasteiger partial charge is 0.454 e. The number of benzene rings is 2. The van der Waals surface area contributed by atoms with Crippen LogP contribution in [0.3, 0.4) is 0 Å². The van der Waals surface area contributed by atoms with Crippen LogP contribution in [0.25, 0.3) is 22.5 Å². The number of aromatic amines is 1. The van der Waals surface area contributed by atoms with E-state index in [1.54, 1.807) is 12.1 Å². The Morgan fingerprint density at radius 3 is 2.29 bits per heavy atom. The second kappa shape index (κ2) is 6.24. The first-order valence-electron chi connectivity index (χ1n) is 7.83. The molecule has 0 bridgehead atoms. The molecule has 1 aliphatic rings. The number of hydrogen-bond acceptors (Lipinski definition) is 5. The molecule has 4 rings (SSSR count). The van der Waals surface area contributed by atoms with Crippen LogP contribution in [-0.4, -0.2) is 25.2 Å². The first-order valence-corrected chi connectivity index (χ1v) is 9.38. The number of fused-ring (bicyclic) bond motifs is 1. The normalized spacial score (nSPS) is 13.7. The summed E-state index contributed by atoms with van der Waals surface area (Å²) in [5, 5.41) is 5.06. The number of nitrogens with one attached hydrogen (secondary N) is 1. The van der Waals surface area contributed by atoms with Gasteiger partial charge in [-0.1, -0.05) is 12.1 Å². The van der Waals surface area contributed by atoms with Crippen LogP contribution in [0.15, 0.2) is 47.4 Å². The van der Waals surface area contributed by atoms with E-state index in [1.165, 1.54) is 30.3 Å². The molecule has 11 heteroatoms. The monoisotopic (exact) mass is 411 g/mol. The summed E-state index contributed by atoms with van der Waals surface area (Å²) in [4.78, 5) is 5.82. The first-order chi connectivity index (χ1) is 13.1. The van der Waals surface area contributed by atoms with Gasteiger partial charge in [-0.2, -0.15) is 13.2 Å². The van der Waals surface area contributed by atoms with Gasteiger partial charge in [0.25, 0.3) is 0 Å². The molecule has 0 amide bonds. The van der Waals surface area contributed by atoms with E-state index in [-0.39, 0.29) is 23.1 Å². The van der Waals surface area contributed by atoms with E-state index >= 15 is 0 Å². The number of H-pyrrole nitrogens is 1. The molecule has 0 fully saturated rings. The zero-order chi connectivity index (χ0) is 20.1. The van der Waals surface area contributed by atoms with Crippen molar-refractivity contribution in [1.82, 2.24) is 9.97 Å². The van der Waals surface area contributed by atoms with Gasteiger partial charge >= 0.3 is 6.18 Å². The molecule has 0 spiro atoms. The summed E-state index contributed by atoms with van der Waals surface area (Å²) in [6, 6.07) is 9.79. The topological polar surface area (TPSA) is 107 Å². The van der Waals surface area contributed by atoms with Gasteiger partial charge in [-0.05, 0) is 30.3 Å². The van der Waals surface area contributed by atoms with Gasteiger partial charge in [0.05, 0.1) is 16.3 Å². The third-order valence-electron chi connectivity index (χ3n) is 4.09. The van der Waals surface area contributed by atoms with Gasteiger partial charge in [0.2, 0.25) is 22.6 Å². The minimum absolute atomic E-state index is 0.0229. The quantitative estimate of drug-likeness (QED) is 0.689. The highest BCUT2D eigenvalue weighted by atomic mass is 32.2. The number of aromatic nitrogens is 2. The molecule has 0 saturated heterocycles. The molecular formula is C17H12F3N3O4S. The van der Waals surface area contributed by atoms with Crippen molar-refractivity contribution >= 4 is 10.0 Å². The van der Waals surface area contributed by atoms with Crippen LogP contribution in [0, 0.1) is 0 Å². The van der Waals surface area contributed by atoms with Crippen molar-refractivity contribution in [2.24, 2.45) is 5.14 Å². The molecule has 3 aromatic rings. The van der Waals surface area contributed by atoms with E-state index in [2.05, 4.69) is 9.97 Å². The van der Waals surface area contributed by atoms with Crippen molar-refractivity contribution in [3.8, 4) is 34.0 Å². The molecule has 0 aliphatic carbocycles. The molecule has 1 aliphatic heterocycles. The first kappa shape index (κ1) is 18.3. The minimum Gasteiger partial charge on any atom is -0.454 e. The van der Waals surface area contributed by atoms with Gasteiger partial charge in [-0.3, -0.25) is 0 Å². The van der Waals surface area contributed by atoms with Crippen LogP contribution in [0.5, 0.6) is 11.5 Å². The number of halogens is 3. The summed E-state index contributed by atoms with van der Waals surface area (Å²) in [5.41, 5.74) is 0.797. The lowest BCUT2D eigenvalue weighted by atomic mass is 10.0. The van der Waals surface area contributed by atoms with E-state index in [1.807, 2.05) is 0 Å². The molecule has 0 atom stereocenters. The highest BCUT2D eigenvalue weighted by Crippen LogP contribution is 2.40. The second-order valence-corrected chi connectivity index (χ2v) is 7.51. The highest BCUT2D eigenvalue weighted by molar-refractivity contribution is 7.89. The highest BCUT2D eigenvalue weighted by Gasteiger charge is 2.36. The number of nitrogens with two attached hydrogens (primary N) is 1. The Bertz CT molecular complexity index is 1160. The summed E-state index contributed by atoms with van der Waals surface area (Å²) in [5.74, 6) is -0.301. The fourth-order valence-electron chi connectivity index (χ4n) is 2.78. The van der Waals surface area contributed by atoms with Crippen molar-refractivity contribution in [3.05, 3.63) is 48.3 Å². The van der Waals surface area contributed by atoms with Crippen molar-refractivity contribution in [2.45, 2.75) is 11.1 Å². The minimum atomic E-state index is -4.69. The molecule has 0 radical (unpaired) electrons. The van der Waals surface area contributed by atoms with Crippen molar-refractivity contribution in [2.75, 3.05) is 6.79 Å². The SMILES string of the molecule is NS(=O)(=O)c1ccc(-c2[nH]c(C(F)(F)F)nc2-c2ccc3c(c2)OCO3)cc1. The molecule has 0 unspecified atom stereocenters. The summed E-state index contributed by atoms with van der Waals surface area (Å²) in [6.45, 7) is 0.0229. The zero-order valence-electron chi connectivity index (χ0n) is 13.9. The van der Waals surface area contributed by atoms with Crippen LogP contribution < -0.4 is 14.6 Å². The van der Waals surface area contributed by atoms with Crippen LogP contribution in [0.2, 0.25) is 0 Å². The van der Waals surface area contributed by atoms with E-state index in [0.29, 0.717) is 22.6 Å². The fourth-order valence-corrected chi connectivity index (χ4v) is 3.30. The maximum Gasteiger partial charge on any atom is 0.449 e. The Kier molecular flexibility index (Phi) is 4.08. The van der Waals surface area contributed by atoms with Gasteiger partial charge in [0, 0.05) is 11.1 Å². The van der Waals surface area contributed by atoms with E-state index < -0.39 is 22.0 Å². The maximum absolute atomic E-state index is 13.2. The third kappa shape index (κ3) is 3.29. The average Bonchev–Trinajstić information content (AvgIpc) is 3.27. The number of sulfonamides is 1. The van der Waals surface area contributed by atoms with Crippen molar-refractivity contribution in [3.63, 3.8) is 0 Å². The van der Waals surface area contributed by atoms with Crippen molar-refractivity contribution < 1.29 is 31.1 Å². The van der Waals surface area contributed by atoms with E-state index in [4.69, 9.17) is 14.6 Å². The standard InChI is InChI=1S/C17H12F3N3O4S/c18-17(19,20)16-22-14(9-1-4-11(5-2-9)28(21,24)25)15(23-16)10-3-6-12-13(7-10)27-8-26-12/h1-7H,8H2,(H,22,23)(H2,21,24,25). The molecule has 0 saturated carbocycles. The molecule has 1 aromatic heterocycles. The number of imidazole rings is 1. The molecule has 3 N–H and O–H groups in total. The molecular weight excluding hydrogens is 399 g/mol. The average molecular weight is 411 g/mol. The Hall–Kier alpha value is -3.05. The van der Waals surface area contributed by atoms with Gasteiger partial charge < -0.3 is 14.5 Å². The number of ether oxygens (including phenoxy) is 2. The van der Waals surface area contributed by atoms with Gasteiger partial charge in [0.15, 0.2) is 11.5 Å². The van der Waals surface area contributed by atoms with Gasteiger partial charge in [-0.15, -0.1) is 0 Å². The summed E-state index contributed by atoms with van der Waals surface area (Å²) < 4.78 is 72.9. The number of hydrogen-bond donors (Lipinski definition) is 2. The number of alkyl halides is 3. The van der Waals surface area contributed by atoms with E-state index in [0.717, 1.165) is 0 Å². The van der Waals surface area contributed by atoms with Crippen molar-refractivity contribution in [1.29, 1.82) is 0 Å². The number of rotatable bonds is 3. The third-order valence-corrected chi connectivity index (χ3v) is 5.02. The Labute approximate surface area is 157 Å².